The minimum Gasteiger partial charge on any atom is -0.494 e. The Hall–Kier alpha value is -2.14. The van der Waals surface area contributed by atoms with E-state index >= 15 is 0 Å². The molecule has 2 aromatic heterocycles. The lowest BCUT2D eigenvalue weighted by Crippen LogP contribution is -2.03. The molecule has 0 amide bonds. The molecule has 0 saturated carbocycles. The Morgan fingerprint density at radius 2 is 2.20 bits per heavy atom. The molecule has 102 valence electrons. The van der Waals surface area contributed by atoms with Gasteiger partial charge >= 0.3 is 0 Å². The van der Waals surface area contributed by atoms with Crippen LogP contribution in [0.5, 0.6) is 5.75 Å². The van der Waals surface area contributed by atoms with E-state index in [9.17, 15) is 4.39 Å². The Labute approximate surface area is 120 Å². The van der Waals surface area contributed by atoms with Gasteiger partial charge in [0.25, 0.3) is 0 Å². The Morgan fingerprint density at radius 3 is 2.95 bits per heavy atom. The average Bonchev–Trinajstić information content (AvgIpc) is 3.11. The van der Waals surface area contributed by atoms with E-state index in [2.05, 4.69) is 4.98 Å². The van der Waals surface area contributed by atoms with Gasteiger partial charge in [-0.1, -0.05) is 18.2 Å². The maximum atomic E-state index is 14.2. The summed E-state index contributed by atoms with van der Waals surface area (Å²) in [5.74, 6) is 0.795. The summed E-state index contributed by atoms with van der Waals surface area (Å²) in [6, 6.07) is 9.15. The Balaban J connectivity index is 1.95. The van der Waals surface area contributed by atoms with Gasteiger partial charge < -0.3 is 9.30 Å². The van der Waals surface area contributed by atoms with Crippen LogP contribution in [0.2, 0.25) is 0 Å². The van der Waals surface area contributed by atoms with Crippen LogP contribution in [0.4, 0.5) is 4.39 Å². The number of imidazole rings is 1. The van der Waals surface area contributed by atoms with Crippen molar-refractivity contribution >= 4 is 11.3 Å². The van der Waals surface area contributed by atoms with E-state index in [1.54, 1.807) is 35.7 Å². The zero-order valence-corrected chi connectivity index (χ0v) is 11.7. The van der Waals surface area contributed by atoms with Gasteiger partial charge in [0.2, 0.25) is 0 Å². The first-order valence-electron chi connectivity index (χ1n) is 6.16. The summed E-state index contributed by atoms with van der Waals surface area (Å²) in [5.41, 5.74) is 0.583. The number of thiophene rings is 1. The first kappa shape index (κ1) is 12.9. The van der Waals surface area contributed by atoms with Crippen molar-refractivity contribution in [1.29, 1.82) is 0 Å². The molecule has 5 heteroatoms. The van der Waals surface area contributed by atoms with Gasteiger partial charge in [-0.3, -0.25) is 0 Å². The molecule has 0 spiro atoms. The molecule has 20 heavy (non-hydrogen) atoms. The normalized spacial score (nSPS) is 10.7. The topological polar surface area (TPSA) is 27.1 Å². The molecule has 3 nitrogen and oxygen atoms in total. The molecule has 2 heterocycles. The molecular weight excluding hydrogens is 275 g/mol. The molecule has 0 saturated heterocycles. The second-order valence-corrected chi connectivity index (χ2v) is 5.24. The molecule has 0 fully saturated rings. The Morgan fingerprint density at radius 1 is 1.30 bits per heavy atom. The molecule has 0 atom stereocenters. The van der Waals surface area contributed by atoms with Crippen molar-refractivity contribution in [2.75, 3.05) is 7.11 Å². The summed E-state index contributed by atoms with van der Waals surface area (Å²) >= 11 is 1.62. The average molecular weight is 288 g/mol. The number of methoxy groups -OCH3 is 1. The van der Waals surface area contributed by atoms with Gasteiger partial charge in [-0.05, 0) is 17.5 Å². The van der Waals surface area contributed by atoms with Crippen LogP contribution in [0, 0.1) is 5.82 Å². The Kier molecular flexibility index (Phi) is 3.52. The number of benzene rings is 1. The van der Waals surface area contributed by atoms with Gasteiger partial charge in [0.05, 0.1) is 18.5 Å². The molecule has 3 aromatic rings. The molecule has 0 aliphatic carbocycles. The van der Waals surface area contributed by atoms with Crippen LogP contribution in [0.3, 0.4) is 0 Å². The zero-order valence-electron chi connectivity index (χ0n) is 10.9. The summed E-state index contributed by atoms with van der Waals surface area (Å²) in [6.07, 6.45) is 3.58. The van der Waals surface area contributed by atoms with E-state index < -0.39 is 0 Å². The van der Waals surface area contributed by atoms with Crippen molar-refractivity contribution in [1.82, 2.24) is 9.55 Å². The van der Waals surface area contributed by atoms with Gasteiger partial charge in [0.15, 0.2) is 11.6 Å². The van der Waals surface area contributed by atoms with Crippen molar-refractivity contribution in [3.63, 3.8) is 0 Å². The quantitative estimate of drug-likeness (QED) is 0.730. The van der Waals surface area contributed by atoms with E-state index in [0.29, 0.717) is 12.1 Å². The second-order valence-electron chi connectivity index (χ2n) is 4.29. The van der Waals surface area contributed by atoms with Crippen LogP contribution in [-0.4, -0.2) is 16.7 Å². The van der Waals surface area contributed by atoms with Crippen molar-refractivity contribution in [3.8, 4) is 16.5 Å². The highest BCUT2D eigenvalue weighted by molar-refractivity contribution is 7.13. The number of nitrogens with zero attached hydrogens (tertiary/aromatic N) is 2. The molecule has 0 aliphatic rings. The molecule has 1 aromatic carbocycles. The third-order valence-electron chi connectivity index (χ3n) is 3.06. The molecule has 0 aliphatic heterocycles. The van der Waals surface area contributed by atoms with Gasteiger partial charge in [-0.15, -0.1) is 11.3 Å². The Bertz CT molecular complexity index is 706. The number of hydrogen-bond donors (Lipinski definition) is 0. The maximum absolute atomic E-state index is 14.2. The fraction of sp³-hybridized carbons (Fsp3) is 0.133. The smallest absolute Gasteiger partial charge is 0.170 e. The highest BCUT2D eigenvalue weighted by Gasteiger charge is 2.12. The number of ether oxygens (including phenoxy) is 1. The monoisotopic (exact) mass is 288 g/mol. The maximum Gasteiger partial charge on any atom is 0.170 e. The van der Waals surface area contributed by atoms with Crippen LogP contribution >= 0.6 is 11.3 Å². The lowest BCUT2D eigenvalue weighted by Gasteiger charge is -2.10. The van der Waals surface area contributed by atoms with Crippen molar-refractivity contribution < 1.29 is 9.13 Å². The third-order valence-corrected chi connectivity index (χ3v) is 3.93. The van der Waals surface area contributed by atoms with E-state index in [1.165, 1.54) is 7.11 Å². The van der Waals surface area contributed by atoms with Gasteiger partial charge in [-0.2, -0.15) is 0 Å². The molecule has 3 rings (SSSR count). The van der Waals surface area contributed by atoms with Crippen LogP contribution in [0.25, 0.3) is 10.7 Å². The standard InChI is InChI=1S/C15H13FN2OS/c1-19-12-5-2-4-11(14(12)16)10-18-8-7-17-15(18)13-6-3-9-20-13/h2-9H,10H2,1H3. The predicted octanol–water partition coefficient (Wildman–Crippen LogP) is 3.81. The lowest BCUT2D eigenvalue weighted by molar-refractivity contribution is 0.383. The number of aromatic nitrogens is 2. The highest BCUT2D eigenvalue weighted by atomic mass is 32.1. The fourth-order valence-electron chi connectivity index (χ4n) is 2.09. The number of rotatable bonds is 4. The largest absolute Gasteiger partial charge is 0.494 e. The van der Waals surface area contributed by atoms with Crippen molar-refractivity contribution in [2.24, 2.45) is 0 Å². The van der Waals surface area contributed by atoms with Gasteiger partial charge in [0, 0.05) is 18.0 Å². The minimum absolute atomic E-state index is 0.264. The number of halogens is 1. The van der Waals surface area contributed by atoms with Crippen LogP contribution < -0.4 is 4.74 Å². The van der Waals surface area contributed by atoms with Crippen molar-refractivity contribution in [2.45, 2.75) is 6.54 Å². The van der Waals surface area contributed by atoms with E-state index in [4.69, 9.17) is 4.74 Å². The van der Waals surface area contributed by atoms with E-state index in [0.717, 1.165) is 10.7 Å². The summed E-state index contributed by atoms with van der Waals surface area (Å²) in [7, 11) is 1.47. The summed E-state index contributed by atoms with van der Waals surface area (Å²) in [6.45, 7) is 0.427. The van der Waals surface area contributed by atoms with Gasteiger partial charge in [0.1, 0.15) is 5.82 Å². The molecular formula is C15H13FN2OS. The number of hydrogen-bond acceptors (Lipinski definition) is 3. The lowest BCUT2D eigenvalue weighted by atomic mass is 10.2. The van der Waals surface area contributed by atoms with Gasteiger partial charge in [-0.25, -0.2) is 9.37 Å². The molecule has 0 radical (unpaired) electrons. The minimum atomic E-state index is -0.319. The van der Waals surface area contributed by atoms with Crippen molar-refractivity contribution in [3.05, 3.63) is 59.5 Å². The first-order chi connectivity index (χ1) is 9.79. The van der Waals surface area contributed by atoms with E-state index in [-0.39, 0.29) is 11.6 Å². The SMILES string of the molecule is COc1cccc(Cn2ccnc2-c2cccs2)c1F. The van der Waals surface area contributed by atoms with Crippen LogP contribution in [0.1, 0.15) is 5.56 Å². The molecule has 0 bridgehead atoms. The zero-order chi connectivity index (χ0) is 13.9. The summed E-state index contributed by atoms with van der Waals surface area (Å²) in [4.78, 5) is 5.41. The molecule has 0 N–H and O–H groups in total. The highest BCUT2D eigenvalue weighted by Crippen LogP contribution is 2.25. The first-order valence-corrected chi connectivity index (χ1v) is 7.04. The van der Waals surface area contributed by atoms with E-state index in [1.807, 2.05) is 28.3 Å². The molecule has 0 unspecified atom stereocenters. The van der Waals surface area contributed by atoms with Crippen LogP contribution in [0.15, 0.2) is 48.1 Å². The predicted molar refractivity (Wildman–Crippen MR) is 77.6 cm³/mol. The fourth-order valence-corrected chi connectivity index (χ4v) is 2.82. The van der Waals surface area contributed by atoms with Crippen LogP contribution in [-0.2, 0) is 6.54 Å². The summed E-state index contributed by atoms with van der Waals surface area (Å²) in [5, 5.41) is 2.00. The second kappa shape index (κ2) is 5.46. The third kappa shape index (κ3) is 2.32. The summed E-state index contributed by atoms with van der Waals surface area (Å²) < 4.78 is 21.1.